The van der Waals surface area contributed by atoms with Crippen molar-refractivity contribution in [1.29, 1.82) is 0 Å². The Kier molecular flexibility index (Phi) is 3.31. The molecule has 0 bridgehead atoms. The molecule has 0 saturated carbocycles. The molecule has 1 aromatic heterocycles. The molecular weight excluding hydrogens is 200 g/mol. The molecule has 4 nitrogen and oxygen atoms in total. The van der Waals surface area contributed by atoms with Crippen molar-refractivity contribution in [3.05, 3.63) is 18.0 Å². The maximum Gasteiger partial charge on any atom is 0.150 e. The number of hydrogen-bond acceptors (Lipinski definition) is 4. The van der Waals surface area contributed by atoms with E-state index in [9.17, 15) is 4.21 Å². The molecule has 2 rings (SSSR count). The fraction of sp³-hybridized carbons (Fsp3) is 0.667. The van der Waals surface area contributed by atoms with E-state index in [1.54, 1.807) is 6.20 Å². The first kappa shape index (κ1) is 9.86. The summed E-state index contributed by atoms with van der Waals surface area (Å²) in [7, 11) is -0.577. The number of nitrogens with zero attached hydrogens (tertiary/aromatic N) is 1. The quantitative estimate of drug-likeness (QED) is 0.803. The normalized spacial score (nSPS) is 27.7. The summed E-state index contributed by atoms with van der Waals surface area (Å²) >= 11 is 0. The van der Waals surface area contributed by atoms with E-state index in [1.807, 2.05) is 6.07 Å². The van der Waals surface area contributed by atoms with Crippen molar-refractivity contribution in [3.63, 3.8) is 0 Å². The van der Waals surface area contributed by atoms with Gasteiger partial charge < -0.3 is 9.84 Å². The van der Waals surface area contributed by atoms with Gasteiger partial charge in [-0.3, -0.25) is 4.21 Å². The Morgan fingerprint density at radius 1 is 1.57 bits per heavy atom. The van der Waals surface area contributed by atoms with Crippen LogP contribution in [-0.2, 0) is 17.3 Å². The molecule has 0 aliphatic carbocycles. The topological polar surface area (TPSA) is 55.1 Å². The van der Waals surface area contributed by atoms with E-state index in [1.165, 1.54) is 0 Å². The fourth-order valence-corrected chi connectivity index (χ4v) is 2.88. The lowest BCUT2D eigenvalue weighted by Crippen LogP contribution is -2.35. The van der Waals surface area contributed by atoms with Gasteiger partial charge in [-0.1, -0.05) is 5.16 Å². The van der Waals surface area contributed by atoms with Gasteiger partial charge in [-0.05, 0) is 12.8 Å². The zero-order valence-corrected chi connectivity index (χ0v) is 8.76. The summed E-state index contributed by atoms with van der Waals surface area (Å²) in [6.45, 7) is 0.720. The molecule has 1 saturated heterocycles. The van der Waals surface area contributed by atoms with E-state index < -0.39 is 10.8 Å². The molecule has 1 N–H and O–H groups in total. The monoisotopic (exact) mass is 214 g/mol. The van der Waals surface area contributed by atoms with E-state index in [-0.39, 0.29) is 0 Å². The molecule has 0 aromatic carbocycles. The second-order valence-corrected chi connectivity index (χ2v) is 5.18. The van der Waals surface area contributed by atoms with Crippen LogP contribution in [0.2, 0.25) is 0 Å². The van der Waals surface area contributed by atoms with Gasteiger partial charge in [-0.25, -0.2) is 0 Å². The summed E-state index contributed by atoms with van der Waals surface area (Å²) in [5.74, 6) is 2.51. The van der Waals surface area contributed by atoms with Crippen molar-refractivity contribution in [2.75, 3.05) is 11.5 Å². The number of rotatable bonds is 3. The smallest absolute Gasteiger partial charge is 0.150 e. The molecule has 0 amide bonds. The number of hydrogen-bond donors (Lipinski definition) is 1. The molecule has 0 atom stereocenters. The molecule has 0 unspecified atom stereocenters. The molecule has 0 radical (unpaired) electrons. The highest BCUT2D eigenvalue weighted by Gasteiger charge is 2.17. The largest absolute Gasteiger partial charge is 0.360 e. The van der Waals surface area contributed by atoms with Gasteiger partial charge in [-0.15, -0.1) is 0 Å². The molecule has 1 aliphatic rings. The van der Waals surface area contributed by atoms with Gasteiger partial charge in [-0.2, -0.15) is 0 Å². The van der Waals surface area contributed by atoms with Crippen molar-refractivity contribution in [3.8, 4) is 0 Å². The highest BCUT2D eigenvalue weighted by atomic mass is 32.2. The van der Waals surface area contributed by atoms with E-state index in [4.69, 9.17) is 4.52 Å². The van der Waals surface area contributed by atoms with Crippen LogP contribution in [-0.4, -0.2) is 26.9 Å². The van der Waals surface area contributed by atoms with Crippen molar-refractivity contribution < 1.29 is 8.73 Å². The Hall–Kier alpha value is -0.680. The molecule has 2 heterocycles. The summed E-state index contributed by atoms with van der Waals surface area (Å²) in [5, 5.41) is 7.01. The van der Waals surface area contributed by atoms with Gasteiger partial charge in [0, 0.05) is 34.4 Å². The minimum absolute atomic E-state index is 0.484. The predicted octanol–water partition coefficient (Wildman–Crippen LogP) is 0.675. The Labute approximate surface area is 85.5 Å². The summed E-state index contributed by atoms with van der Waals surface area (Å²) < 4.78 is 16.1. The van der Waals surface area contributed by atoms with Gasteiger partial charge in [0.1, 0.15) is 5.76 Å². The molecule has 1 aliphatic heterocycles. The minimum Gasteiger partial charge on any atom is -0.360 e. The Bertz CT molecular complexity index is 290. The van der Waals surface area contributed by atoms with Gasteiger partial charge in [0.25, 0.3) is 0 Å². The van der Waals surface area contributed by atoms with Crippen LogP contribution >= 0.6 is 0 Å². The minimum atomic E-state index is -0.577. The van der Waals surface area contributed by atoms with Gasteiger partial charge in [0.2, 0.25) is 0 Å². The predicted molar refractivity (Wildman–Crippen MR) is 54.2 cm³/mol. The Morgan fingerprint density at radius 2 is 2.36 bits per heavy atom. The third-order valence-electron chi connectivity index (χ3n) is 2.44. The summed E-state index contributed by atoms with van der Waals surface area (Å²) in [6, 6.07) is 2.34. The molecule has 1 aromatic rings. The van der Waals surface area contributed by atoms with Crippen LogP contribution in [0, 0.1) is 0 Å². The summed E-state index contributed by atoms with van der Waals surface area (Å²) in [6.07, 6.45) is 3.65. The van der Waals surface area contributed by atoms with Crippen molar-refractivity contribution in [2.45, 2.75) is 25.4 Å². The number of aromatic nitrogens is 1. The lowest BCUT2D eigenvalue weighted by Gasteiger charge is -2.21. The SMILES string of the molecule is O=S1CCC(NCc2ccno2)CC1. The van der Waals surface area contributed by atoms with E-state index >= 15 is 0 Å². The molecule has 14 heavy (non-hydrogen) atoms. The third kappa shape index (κ3) is 2.65. The first-order chi connectivity index (χ1) is 6.84. The zero-order chi connectivity index (χ0) is 9.80. The van der Waals surface area contributed by atoms with Crippen LogP contribution in [0.25, 0.3) is 0 Å². The Balaban J connectivity index is 1.73. The highest BCUT2D eigenvalue weighted by molar-refractivity contribution is 7.85. The summed E-state index contributed by atoms with van der Waals surface area (Å²) in [4.78, 5) is 0. The van der Waals surface area contributed by atoms with Crippen LogP contribution in [0.15, 0.2) is 16.8 Å². The van der Waals surface area contributed by atoms with E-state index in [0.717, 1.165) is 36.7 Å². The molecule has 5 heteroatoms. The lowest BCUT2D eigenvalue weighted by atomic mass is 10.1. The highest BCUT2D eigenvalue weighted by Crippen LogP contribution is 2.09. The van der Waals surface area contributed by atoms with Crippen LogP contribution in [0.4, 0.5) is 0 Å². The molecule has 78 valence electrons. The van der Waals surface area contributed by atoms with Crippen LogP contribution in [0.1, 0.15) is 18.6 Å². The Morgan fingerprint density at radius 3 is 3.00 bits per heavy atom. The summed E-state index contributed by atoms with van der Waals surface area (Å²) in [5.41, 5.74) is 0. The van der Waals surface area contributed by atoms with Crippen LogP contribution < -0.4 is 5.32 Å². The average Bonchev–Trinajstić information content (AvgIpc) is 2.70. The second kappa shape index (κ2) is 4.70. The van der Waals surface area contributed by atoms with Crippen molar-refractivity contribution in [2.24, 2.45) is 0 Å². The number of nitrogens with one attached hydrogen (secondary N) is 1. The van der Waals surface area contributed by atoms with Crippen molar-refractivity contribution >= 4 is 10.8 Å². The molecule has 1 fully saturated rings. The van der Waals surface area contributed by atoms with Gasteiger partial charge in [0.15, 0.2) is 0 Å². The van der Waals surface area contributed by atoms with Crippen molar-refractivity contribution in [1.82, 2.24) is 10.5 Å². The molecular formula is C9H14N2O2S. The second-order valence-electron chi connectivity index (χ2n) is 3.48. The van der Waals surface area contributed by atoms with Crippen LogP contribution in [0.5, 0.6) is 0 Å². The van der Waals surface area contributed by atoms with E-state index in [2.05, 4.69) is 10.5 Å². The van der Waals surface area contributed by atoms with Gasteiger partial charge in [0.05, 0.1) is 12.7 Å². The maximum atomic E-state index is 11.1. The first-order valence-electron chi connectivity index (χ1n) is 4.82. The standard InChI is InChI=1S/C9H14N2O2S/c12-14-5-2-8(3-6-14)10-7-9-1-4-11-13-9/h1,4,8,10H,2-3,5-7H2. The maximum absolute atomic E-state index is 11.1. The fourth-order valence-electron chi connectivity index (χ4n) is 1.58. The third-order valence-corrected chi connectivity index (χ3v) is 3.83. The zero-order valence-electron chi connectivity index (χ0n) is 7.94. The van der Waals surface area contributed by atoms with Crippen LogP contribution in [0.3, 0.4) is 0 Å². The lowest BCUT2D eigenvalue weighted by molar-refractivity contribution is 0.357. The van der Waals surface area contributed by atoms with Gasteiger partial charge >= 0.3 is 0 Å². The first-order valence-corrected chi connectivity index (χ1v) is 6.31. The average molecular weight is 214 g/mol. The molecule has 0 spiro atoms. The van der Waals surface area contributed by atoms with E-state index in [0.29, 0.717) is 6.04 Å².